The second kappa shape index (κ2) is 10.3. The second-order valence-corrected chi connectivity index (χ2v) is 11.6. The van der Waals surface area contributed by atoms with Crippen LogP contribution in [0.4, 0.5) is 0 Å². The first-order chi connectivity index (χ1) is 18.9. The third-order valence-corrected chi connectivity index (χ3v) is 9.01. The molecule has 2 fully saturated rings. The van der Waals surface area contributed by atoms with Gasteiger partial charge >= 0.3 is 0 Å². The standard InChI is InChI=1S/C32H42N6O/c1-6-8-14-36-30-26(15-25(17-28(30)39-5)20(3)37-19-23(7-2)29(33)21(37)4)35-32(36)27-16-24-10-9-13-34-31(24)38(27)18-22-11-12-22/h9-10,13,15-17,21-23,29H,3,6-8,11-12,14,18-19,33H2,1-2,4-5H3. The van der Waals surface area contributed by atoms with Crippen molar-refractivity contribution in [3.05, 3.63) is 48.7 Å². The van der Waals surface area contributed by atoms with Gasteiger partial charge in [-0.1, -0.05) is 33.3 Å². The van der Waals surface area contributed by atoms with Gasteiger partial charge in [0.15, 0.2) is 5.82 Å². The van der Waals surface area contributed by atoms with Gasteiger partial charge in [-0.15, -0.1) is 0 Å². The molecule has 2 aliphatic rings. The first kappa shape index (κ1) is 25.9. The summed E-state index contributed by atoms with van der Waals surface area (Å²) in [5.74, 6) is 3.02. The maximum atomic E-state index is 6.57. The Hall–Kier alpha value is -3.32. The summed E-state index contributed by atoms with van der Waals surface area (Å²) in [5, 5.41) is 1.16. The van der Waals surface area contributed by atoms with Crippen molar-refractivity contribution < 1.29 is 4.74 Å². The fraction of sp³-hybridized carbons (Fsp3) is 0.500. The molecule has 1 saturated carbocycles. The predicted molar refractivity (Wildman–Crippen MR) is 160 cm³/mol. The molecule has 0 spiro atoms. The number of methoxy groups -OCH3 is 1. The molecule has 1 aliphatic carbocycles. The van der Waals surface area contributed by atoms with E-state index in [-0.39, 0.29) is 12.1 Å². The number of fused-ring (bicyclic) bond motifs is 2. The fourth-order valence-corrected chi connectivity index (χ4v) is 6.36. The van der Waals surface area contributed by atoms with E-state index in [1.54, 1.807) is 7.11 Å². The van der Waals surface area contributed by atoms with Gasteiger partial charge in [0, 0.05) is 54.6 Å². The molecule has 206 valence electrons. The lowest BCUT2D eigenvalue weighted by molar-refractivity contribution is 0.376. The Morgan fingerprint density at radius 2 is 2.00 bits per heavy atom. The van der Waals surface area contributed by atoms with E-state index in [0.29, 0.717) is 5.92 Å². The number of hydrogen-bond donors (Lipinski definition) is 1. The van der Waals surface area contributed by atoms with Crippen molar-refractivity contribution in [1.29, 1.82) is 0 Å². The summed E-state index contributed by atoms with van der Waals surface area (Å²) in [6.07, 6.45) is 7.72. The monoisotopic (exact) mass is 526 g/mol. The number of benzene rings is 1. The highest BCUT2D eigenvalue weighted by Crippen LogP contribution is 2.40. The zero-order chi connectivity index (χ0) is 27.3. The maximum absolute atomic E-state index is 6.57. The van der Waals surface area contributed by atoms with E-state index < -0.39 is 0 Å². The number of likely N-dealkylation sites (tertiary alicyclic amines) is 1. The van der Waals surface area contributed by atoms with E-state index in [1.165, 1.54) is 12.8 Å². The van der Waals surface area contributed by atoms with Gasteiger partial charge in [0.1, 0.15) is 16.9 Å². The van der Waals surface area contributed by atoms with E-state index in [4.69, 9.17) is 20.4 Å². The number of ether oxygens (including phenoxy) is 1. The van der Waals surface area contributed by atoms with Crippen LogP contribution in [0.2, 0.25) is 0 Å². The number of aryl methyl sites for hydroxylation is 1. The Balaban J connectivity index is 1.50. The highest BCUT2D eigenvalue weighted by molar-refractivity contribution is 5.91. The van der Waals surface area contributed by atoms with Crippen molar-refractivity contribution in [3.8, 4) is 17.3 Å². The molecule has 3 unspecified atom stereocenters. The zero-order valence-electron chi connectivity index (χ0n) is 23.9. The van der Waals surface area contributed by atoms with Gasteiger partial charge in [-0.25, -0.2) is 9.97 Å². The Kier molecular flexibility index (Phi) is 6.88. The minimum atomic E-state index is 0.152. The van der Waals surface area contributed by atoms with Crippen molar-refractivity contribution in [1.82, 2.24) is 24.0 Å². The molecule has 0 radical (unpaired) electrons. The van der Waals surface area contributed by atoms with Gasteiger partial charge in [-0.2, -0.15) is 0 Å². The number of hydrogen-bond acceptors (Lipinski definition) is 5. The van der Waals surface area contributed by atoms with Crippen LogP contribution >= 0.6 is 0 Å². The highest BCUT2D eigenvalue weighted by Gasteiger charge is 2.36. The first-order valence-electron chi connectivity index (χ1n) is 14.7. The molecule has 39 heavy (non-hydrogen) atoms. The van der Waals surface area contributed by atoms with Gasteiger partial charge in [-0.05, 0) is 68.4 Å². The van der Waals surface area contributed by atoms with Crippen LogP contribution in [0.15, 0.2) is 43.1 Å². The predicted octanol–water partition coefficient (Wildman–Crippen LogP) is 6.30. The third kappa shape index (κ3) is 4.50. The van der Waals surface area contributed by atoms with Crippen LogP contribution < -0.4 is 10.5 Å². The van der Waals surface area contributed by atoms with Crippen molar-refractivity contribution in [3.63, 3.8) is 0 Å². The molecule has 1 aromatic carbocycles. The number of unbranched alkanes of at least 4 members (excludes halogenated alkanes) is 1. The Labute approximate surface area is 231 Å². The SMILES string of the molecule is C=C(c1cc(OC)c2c(c1)nc(-c1cc3cccnc3n1CC1CC1)n2CCCC)N1CC(CC)C(N)C1C. The van der Waals surface area contributed by atoms with Crippen molar-refractivity contribution in [2.45, 2.75) is 78.0 Å². The van der Waals surface area contributed by atoms with E-state index in [9.17, 15) is 0 Å². The summed E-state index contributed by atoms with van der Waals surface area (Å²) in [6, 6.07) is 11.2. The maximum Gasteiger partial charge on any atom is 0.158 e. The van der Waals surface area contributed by atoms with Crippen LogP contribution in [0.3, 0.4) is 0 Å². The van der Waals surface area contributed by atoms with Crippen LogP contribution in [-0.2, 0) is 13.1 Å². The Morgan fingerprint density at radius 1 is 1.18 bits per heavy atom. The number of rotatable bonds is 10. The van der Waals surface area contributed by atoms with Gasteiger partial charge in [0.2, 0.25) is 0 Å². The minimum Gasteiger partial charge on any atom is -0.494 e. The lowest BCUT2D eigenvalue weighted by Crippen LogP contribution is -2.37. The molecule has 3 aromatic heterocycles. The smallest absolute Gasteiger partial charge is 0.158 e. The molecule has 2 N–H and O–H groups in total. The third-order valence-electron chi connectivity index (χ3n) is 9.01. The number of nitrogens with two attached hydrogens (primary N) is 1. The number of aromatic nitrogens is 4. The molecule has 4 aromatic rings. The Bertz CT molecular complexity index is 1510. The van der Waals surface area contributed by atoms with Gasteiger partial charge in [0.05, 0.1) is 18.3 Å². The van der Waals surface area contributed by atoms with Crippen LogP contribution in [0.25, 0.3) is 39.3 Å². The molecule has 3 atom stereocenters. The quantitative estimate of drug-likeness (QED) is 0.262. The minimum absolute atomic E-state index is 0.152. The van der Waals surface area contributed by atoms with E-state index in [1.807, 2.05) is 12.3 Å². The number of imidazole rings is 1. The average molecular weight is 527 g/mol. The average Bonchev–Trinajstić information content (AvgIpc) is 3.50. The topological polar surface area (TPSA) is 74.1 Å². The van der Waals surface area contributed by atoms with Crippen LogP contribution in [0.5, 0.6) is 5.75 Å². The molecule has 7 heteroatoms. The summed E-state index contributed by atoms with van der Waals surface area (Å²) >= 11 is 0. The molecule has 4 heterocycles. The molecule has 0 amide bonds. The van der Waals surface area contributed by atoms with Crippen LogP contribution in [0, 0.1) is 11.8 Å². The lowest BCUT2D eigenvalue weighted by atomic mass is 9.98. The zero-order valence-corrected chi connectivity index (χ0v) is 23.9. The lowest BCUT2D eigenvalue weighted by Gasteiger charge is -2.27. The van der Waals surface area contributed by atoms with E-state index >= 15 is 0 Å². The van der Waals surface area contributed by atoms with Gasteiger partial charge in [-0.3, -0.25) is 0 Å². The van der Waals surface area contributed by atoms with Gasteiger partial charge < -0.3 is 24.5 Å². The van der Waals surface area contributed by atoms with Crippen molar-refractivity contribution in [2.24, 2.45) is 17.6 Å². The summed E-state index contributed by atoms with van der Waals surface area (Å²) in [6.45, 7) is 14.0. The second-order valence-electron chi connectivity index (χ2n) is 11.6. The molecule has 1 aliphatic heterocycles. The molecule has 0 bridgehead atoms. The summed E-state index contributed by atoms with van der Waals surface area (Å²) in [5.41, 5.74) is 12.8. The van der Waals surface area contributed by atoms with E-state index in [2.05, 4.69) is 65.6 Å². The van der Waals surface area contributed by atoms with Gasteiger partial charge in [0.25, 0.3) is 0 Å². The highest BCUT2D eigenvalue weighted by atomic mass is 16.5. The van der Waals surface area contributed by atoms with Crippen molar-refractivity contribution in [2.75, 3.05) is 13.7 Å². The summed E-state index contributed by atoms with van der Waals surface area (Å²) < 4.78 is 10.8. The Morgan fingerprint density at radius 3 is 2.69 bits per heavy atom. The fourth-order valence-electron chi connectivity index (χ4n) is 6.36. The molecule has 7 nitrogen and oxygen atoms in total. The largest absolute Gasteiger partial charge is 0.494 e. The molecular formula is C32H42N6O. The normalized spacial score (nSPS) is 21.4. The van der Waals surface area contributed by atoms with Crippen LogP contribution in [-0.4, -0.2) is 49.7 Å². The molecular weight excluding hydrogens is 484 g/mol. The first-order valence-corrected chi connectivity index (χ1v) is 14.7. The summed E-state index contributed by atoms with van der Waals surface area (Å²) in [7, 11) is 1.76. The number of nitrogens with zero attached hydrogens (tertiary/aromatic N) is 5. The van der Waals surface area contributed by atoms with Crippen molar-refractivity contribution >= 4 is 27.8 Å². The number of pyridine rings is 1. The molecule has 6 rings (SSSR count). The van der Waals surface area contributed by atoms with Crippen LogP contribution in [0.1, 0.15) is 58.4 Å². The summed E-state index contributed by atoms with van der Waals surface area (Å²) in [4.78, 5) is 12.5. The van der Waals surface area contributed by atoms with E-state index in [0.717, 1.165) is 95.4 Å². The molecule has 1 saturated heterocycles.